The fourth-order valence-electron chi connectivity index (χ4n) is 3.04. The van der Waals surface area contributed by atoms with Gasteiger partial charge in [0.1, 0.15) is 0 Å². The molecule has 0 bridgehead atoms. The minimum atomic E-state index is 0.127. The second-order valence-corrected chi connectivity index (χ2v) is 5.92. The summed E-state index contributed by atoms with van der Waals surface area (Å²) in [5, 5.41) is 28.7. The molecule has 0 aromatic heterocycles. The highest BCUT2D eigenvalue weighted by Gasteiger charge is 2.33. The summed E-state index contributed by atoms with van der Waals surface area (Å²) in [5.74, 6) is 0. The smallest absolute Gasteiger partial charge is 0.0587 e. The molecule has 21 heavy (non-hydrogen) atoms. The van der Waals surface area contributed by atoms with Gasteiger partial charge in [-0.25, -0.2) is 0 Å². The maximum atomic E-state index is 9.58. The van der Waals surface area contributed by atoms with Crippen molar-refractivity contribution >= 4 is 0 Å². The zero-order valence-corrected chi connectivity index (χ0v) is 13.8. The Bertz CT molecular complexity index is 220. The second kappa shape index (κ2) is 9.71. The molecule has 3 N–H and O–H groups in total. The molecule has 6 nitrogen and oxygen atoms in total. The highest BCUT2D eigenvalue weighted by molar-refractivity contribution is 4.82. The Balaban J connectivity index is 2.86. The molecule has 0 aromatic rings. The Morgan fingerprint density at radius 3 is 1.00 bits per heavy atom. The Morgan fingerprint density at radius 2 is 0.857 bits per heavy atom. The van der Waals surface area contributed by atoms with Gasteiger partial charge in [0.15, 0.2) is 0 Å². The van der Waals surface area contributed by atoms with Crippen LogP contribution in [-0.4, -0.2) is 88.0 Å². The molecule has 0 radical (unpaired) electrons. The first kappa shape index (κ1) is 18.8. The molecule has 126 valence electrons. The van der Waals surface area contributed by atoms with Crippen LogP contribution in [0.1, 0.15) is 40.0 Å². The van der Waals surface area contributed by atoms with Crippen molar-refractivity contribution in [1.82, 2.24) is 14.7 Å². The quantitative estimate of drug-likeness (QED) is 0.561. The first-order valence-corrected chi connectivity index (χ1v) is 8.19. The molecular formula is C15H33N3O3. The van der Waals surface area contributed by atoms with Crippen LogP contribution < -0.4 is 0 Å². The lowest BCUT2D eigenvalue weighted by molar-refractivity contribution is -0.105. The third-order valence-electron chi connectivity index (χ3n) is 4.69. The van der Waals surface area contributed by atoms with E-state index in [0.29, 0.717) is 0 Å². The highest BCUT2D eigenvalue weighted by atomic mass is 16.3. The maximum Gasteiger partial charge on any atom is 0.0587 e. The van der Waals surface area contributed by atoms with Crippen LogP contribution >= 0.6 is 0 Å². The van der Waals surface area contributed by atoms with E-state index in [1.165, 1.54) is 0 Å². The average Bonchev–Trinajstić information content (AvgIpc) is 2.51. The summed E-state index contributed by atoms with van der Waals surface area (Å²) in [5.41, 5.74) is 0. The average molecular weight is 303 g/mol. The van der Waals surface area contributed by atoms with E-state index in [4.69, 9.17) is 0 Å². The topological polar surface area (TPSA) is 70.4 Å². The summed E-state index contributed by atoms with van der Waals surface area (Å²) in [6.07, 6.45) is 2.68. The lowest BCUT2D eigenvalue weighted by Gasteiger charge is -2.49. The molecule has 0 saturated carbocycles. The molecule has 1 heterocycles. The monoisotopic (exact) mass is 303 g/mol. The van der Waals surface area contributed by atoms with Gasteiger partial charge in [-0.2, -0.15) is 0 Å². The van der Waals surface area contributed by atoms with Gasteiger partial charge in [0.05, 0.1) is 39.8 Å². The minimum Gasteiger partial charge on any atom is -0.395 e. The lowest BCUT2D eigenvalue weighted by atomic mass is 10.1. The van der Waals surface area contributed by atoms with Crippen LogP contribution in [0.4, 0.5) is 0 Å². The second-order valence-electron chi connectivity index (χ2n) is 5.92. The predicted octanol–water partition coefficient (Wildman–Crippen LogP) is 0.0912. The van der Waals surface area contributed by atoms with Crippen LogP contribution in [0.15, 0.2) is 0 Å². The normalized spacial score (nSPS) is 23.1. The van der Waals surface area contributed by atoms with Crippen LogP contribution in [0, 0.1) is 0 Å². The summed E-state index contributed by atoms with van der Waals surface area (Å²) >= 11 is 0. The third-order valence-corrected chi connectivity index (χ3v) is 4.69. The molecule has 0 aromatic carbocycles. The fraction of sp³-hybridized carbons (Fsp3) is 1.00. The van der Waals surface area contributed by atoms with Crippen LogP contribution in [-0.2, 0) is 0 Å². The van der Waals surface area contributed by atoms with Crippen molar-refractivity contribution in [2.45, 2.75) is 58.2 Å². The van der Waals surface area contributed by atoms with E-state index in [9.17, 15) is 15.3 Å². The van der Waals surface area contributed by atoms with Crippen molar-refractivity contribution in [2.24, 2.45) is 0 Å². The standard InChI is InChI=1S/C15H33N3O3/c1-4-13(7-19)16-10-17(14(5-2)8-20)12-18(11-16)15(6-3)9-21/h13-15,19-21H,4-12H2,1-3H3. The molecule has 3 atom stereocenters. The van der Waals surface area contributed by atoms with Crippen LogP contribution in [0.5, 0.6) is 0 Å². The number of aliphatic hydroxyl groups is 3. The predicted molar refractivity (Wildman–Crippen MR) is 83.6 cm³/mol. The van der Waals surface area contributed by atoms with Crippen molar-refractivity contribution < 1.29 is 15.3 Å². The van der Waals surface area contributed by atoms with Crippen molar-refractivity contribution in [1.29, 1.82) is 0 Å². The van der Waals surface area contributed by atoms with Gasteiger partial charge in [-0.05, 0) is 19.3 Å². The molecule has 0 aliphatic carbocycles. The summed E-state index contributed by atoms with van der Waals surface area (Å²) < 4.78 is 0. The van der Waals surface area contributed by atoms with Crippen LogP contribution in [0.2, 0.25) is 0 Å². The van der Waals surface area contributed by atoms with E-state index >= 15 is 0 Å². The zero-order chi connectivity index (χ0) is 15.8. The van der Waals surface area contributed by atoms with E-state index in [-0.39, 0.29) is 37.9 Å². The number of hydrogen-bond donors (Lipinski definition) is 3. The molecule has 1 fully saturated rings. The van der Waals surface area contributed by atoms with Gasteiger partial charge in [0.2, 0.25) is 0 Å². The molecule has 0 spiro atoms. The molecule has 1 aliphatic rings. The summed E-state index contributed by atoms with van der Waals surface area (Å²) in [6, 6.07) is 0.382. The van der Waals surface area contributed by atoms with Crippen molar-refractivity contribution in [3.05, 3.63) is 0 Å². The van der Waals surface area contributed by atoms with Gasteiger partial charge in [-0.1, -0.05) is 20.8 Å². The Kier molecular flexibility index (Phi) is 8.70. The van der Waals surface area contributed by atoms with Crippen molar-refractivity contribution in [3.8, 4) is 0 Å². The third kappa shape index (κ3) is 4.87. The molecular weight excluding hydrogens is 270 g/mol. The number of nitrogens with zero attached hydrogens (tertiary/aromatic N) is 3. The van der Waals surface area contributed by atoms with E-state index in [2.05, 4.69) is 35.5 Å². The molecule has 3 unspecified atom stereocenters. The summed E-state index contributed by atoms with van der Waals surface area (Å²) in [7, 11) is 0. The Labute approximate surface area is 129 Å². The SMILES string of the molecule is CCC(CO)N1CN(C(CC)CO)CN(C(CC)CO)C1. The van der Waals surface area contributed by atoms with Crippen molar-refractivity contribution in [3.63, 3.8) is 0 Å². The first-order valence-electron chi connectivity index (χ1n) is 8.19. The Morgan fingerprint density at radius 1 is 0.619 bits per heavy atom. The molecule has 6 heteroatoms. The largest absolute Gasteiger partial charge is 0.395 e. The maximum absolute atomic E-state index is 9.58. The van der Waals surface area contributed by atoms with E-state index in [1.807, 2.05) is 0 Å². The first-order chi connectivity index (χ1) is 10.1. The number of aliphatic hydroxyl groups excluding tert-OH is 3. The molecule has 1 saturated heterocycles. The Hall–Kier alpha value is -0.240. The highest BCUT2D eigenvalue weighted by Crippen LogP contribution is 2.19. The fourth-order valence-corrected chi connectivity index (χ4v) is 3.04. The lowest BCUT2D eigenvalue weighted by Crippen LogP contribution is -2.63. The van der Waals surface area contributed by atoms with E-state index in [0.717, 1.165) is 39.3 Å². The number of hydrogen-bond acceptors (Lipinski definition) is 6. The van der Waals surface area contributed by atoms with Gasteiger partial charge >= 0.3 is 0 Å². The molecule has 1 rings (SSSR count). The van der Waals surface area contributed by atoms with Gasteiger partial charge in [0, 0.05) is 18.1 Å². The zero-order valence-electron chi connectivity index (χ0n) is 13.8. The van der Waals surface area contributed by atoms with Crippen LogP contribution in [0.25, 0.3) is 0 Å². The van der Waals surface area contributed by atoms with Gasteiger partial charge < -0.3 is 15.3 Å². The summed E-state index contributed by atoms with van der Waals surface area (Å²) in [6.45, 7) is 8.95. The van der Waals surface area contributed by atoms with E-state index in [1.54, 1.807) is 0 Å². The van der Waals surface area contributed by atoms with Gasteiger partial charge in [-0.15, -0.1) is 0 Å². The molecule has 1 aliphatic heterocycles. The van der Waals surface area contributed by atoms with E-state index < -0.39 is 0 Å². The molecule has 0 amide bonds. The van der Waals surface area contributed by atoms with Crippen molar-refractivity contribution in [2.75, 3.05) is 39.8 Å². The minimum absolute atomic E-state index is 0.127. The summed E-state index contributed by atoms with van der Waals surface area (Å²) in [4.78, 5) is 6.75. The van der Waals surface area contributed by atoms with Gasteiger partial charge in [-0.3, -0.25) is 14.7 Å². The number of rotatable bonds is 9. The van der Waals surface area contributed by atoms with Gasteiger partial charge in [0.25, 0.3) is 0 Å². The van der Waals surface area contributed by atoms with Crippen LogP contribution in [0.3, 0.4) is 0 Å².